The van der Waals surface area contributed by atoms with Gasteiger partial charge in [0, 0.05) is 13.1 Å². The number of carboxylic acids is 1. The molecule has 0 aromatic heterocycles. The number of urea groups is 1. The number of rotatable bonds is 4. The van der Waals surface area contributed by atoms with E-state index in [9.17, 15) is 9.59 Å². The monoisotopic (exact) mass is 200 g/mol. The van der Waals surface area contributed by atoms with Crippen molar-refractivity contribution in [3.8, 4) is 0 Å². The Bertz CT molecular complexity index is 242. The zero-order chi connectivity index (χ0) is 10.7. The quantitative estimate of drug-likeness (QED) is 0.694. The van der Waals surface area contributed by atoms with Gasteiger partial charge in [-0.25, -0.2) is 9.59 Å². The summed E-state index contributed by atoms with van der Waals surface area (Å²) in [5.74, 6) is -0.937. The van der Waals surface area contributed by atoms with Crippen LogP contribution in [-0.4, -0.2) is 41.1 Å². The fraction of sp³-hybridized carbons (Fsp3) is 0.778. The van der Waals surface area contributed by atoms with Crippen molar-refractivity contribution in [3.05, 3.63) is 0 Å². The van der Waals surface area contributed by atoms with E-state index in [1.54, 1.807) is 0 Å². The minimum Gasteiger partial charge on any atom is -0.480 e. The molecular weight excluding hydrogens is 184 g/mol. The minimum absolute atomic E-state index is 0.0173. The Morgan fingerprint density at radius 1 is 1.71 bits per heavy atom. The summed E-state index contributed by atoms with van der Waals surface area (Å²) in [5, 5.41) is 11.6. The van der Waals surface area contributed by atoms with Gasteiger partial charge < -0.3 is 15.3 Å². The van der Waals surface area contributed by atoms with Gasteiger partial charge in [-0.3, -0.25) is 0 Å². The molecule has 0 aliphatic carbocycles. The zero-order valence-corrected chi connectivity index (χ0v) is 8.49. The van der Waals surface area contributed by atoms with Gasteiger partial charge in [0.1, 0.15) is 6.04 Å². The third kappa shape index (κ3) is 1.97. The maximum atomic E-state index is 11.3. The van der Waals surface area contributed by atoms with Crippen LogP contribution < -0.4 is 5.32 Å². The normalized spacial score (nSPS) is 20.4. The number of amides is 2. The smallest absolute Gasteiger partial charge is 0.326 e. The Morgan fingerprint density at radius 2 is 2.36 bits per heavy atom. The van der Waals surface area contributed by atoms with Crippen LogP contribution in [0.1, 0.15) is 20.3 Å². The molecule has 2 N–H and O–H groups in total. The molecule has 2 atom stereocenters. The van der Waals surface area contributed by atoms with E-state index in [4.69, 9.17) is 5.11 Å². The molecule has 0 spiro atoms. The predicted molar refractivity (Wildman–Crippen MR) is 51.0 cm³/mol. The first-order chi connectivity index (χ1) is 6.57. The van der Waals surface area contributed by atoms with Gasteiger partial charge in [-0.15, -0.1) is 0 Å². The van der Waals surface area contributed by atoms with Crippen LogP contribution in [0.25, 0.3) is 0 Å². The third-order valence-corrected chi connectivity index (χ3v) is 2.66. The number of nitrogens with zero attached hydrogens (tertiary/aromatic N) is 1. The average molecular weight is 200 g/mol. The SMILES string of the molecule is CCC(C)C(C(=O)O)N1CCNC1=O. The summed E-state index contributed by atoms with van der Waals surface area (Å²) in [6, 6.07) is -0.958. The van der Waals surface area contributed by atoms with Gasteiger partial charge in [0.2, 0.25) is 0 Å². The molecule has 1 rings (SSSR count). The van der Waals surface area contributed by atoms with E-state index >= 15 is 0 Å². The maximum absolute atomic E-state index is 11.3. The van der Waals surface area contributed by atoms with Crippen LogP contribution in [0.3, 0.4) is 0 Å². The van der Waals surface area contributed by atoms with E-state index in [0.29, 0.717) is 13.1 Å². The van der Waals surface area contributed by atoms with Crippen molar-refractivity contribution in [3.63, 3.8) is 0 Å². The van der Waals surface area contributed by atoms with Crippen LogP contribution in [0.4, 0.5) is 4.79 Å². The van der Waals surface area contributed by atoms with Crippen molar-refractivity contribution >= 4 is 12.0 Å². The second kappa shape index (κ2) is 4.30. The van der Waals surface area contributed by atoms with Crippen molar-refractivity contribution in [2.45, 2.75) is 26.3 Å². The first-order valence-corrected chi connectivity index (χ1v) is 4.85. The number of carbonyl (C=O) groups is 2. The molecule has 1 heterocycles. The number of nitrogens with one attached hydrogen (secondary N) is 1. The van der Waals surface area contributed by atoms with Crippen LogP contribution in [0.15, 0.2) is 0 Å². The van der Waals surface area contributed by atoms with Crippen LogP contribution >= 0.6 is 0 Å². The predicted octanol–water partition coefficient (Wildman–Crippen LogP) is 0.511. The summed E-state index contributed by atoms with van der Waals surface area (Å²) < 4.78 is 0. The molecule has 0 radical (unpaired) electrons. The highest BCUT2D eigenvalue weighted by Crippen LogP contribution is 2.16. The second-order valence-electron chi connectivity index (χ2n) is 3.59. The lowest BCUT2D eigenvalue weighted by Crippen LogP contribution is -2.46. The summed E-state index contributed by atoms with van der Waals surface area (Å²) in [6.07, 6.45) is 0.751. The Hall–Kier alpha value is -1.26. The molecule has 1 aliphatic rings. The molecule has 1 aliphatic heterocycles. The van der Waals surface area contributed by atoms with Crippen molar-refractivity contribution in [2.24, 2.45) is 5.92 Å². The summed E-state index contributed by atoms with van der Waals surface area (Å²) in [5.41, 5.74) is 0. The number of carbonyl (C=O) groups excluding carboxylic acids is 1. The molecule has 1 fully saturated rings. The van der Waals surface area contributed by atoms with Crippen molar-refractivity contribution in [1.29, 1.82) is 0 Å². The van der Waals surface area contributed by atoms with Gasteiger partial charge in [-0.1, -0.05) is 20.3 Å². The van der Waals surface area contributed by atoms with Gasteiger partial charge >= 0.3 is 12.0 Å². The number of hydrogen-bond acceptors (Lipinski definition) is 2. The lowest BCUT2D eigenvalue weighted by atomic mass is 9.98. The van der Waals surface area contributed by atoms with E-state index in [2.05, 4.69) is 5.32 Å². The molecule has 0 aromatic rings. The highest BCUT2D eigenvalue weighted by molar-refractivity contribution is 5.84. The first-order valence-electron chi connectivity index (χ1n) is 4.85. The van der Waals surface area contributed by atoms with E-state index in [1.807, 2.05) is 13.8 Å². The number of aliphatic carboxylic acids is 1. The molecule has 80 valence electrons. The second-order valence-corrected chi connectivity index (χ2v) is 3.59. The van der Waals surface area contributed by atoms with E-state index in [0.717, 1.165) is 6.42 Å². The summed E-state index contributed by atoms with van der Waals surface area (Å²) in [6.45, 7) is 4.80. The number of carboxylic acid groups (broad SMARTS) is 1. The Balaban J connectivity index is 2.76. The molecule has 14 heavy (non-hydrogen) atoms. The summed E-state index contributed by atoms with van der Waals surface area (Å²) >= 11 is 0. The average Bonchev–Trinajstić information content (AvgIpc) is 2.52. The Kier molecular flexibility index (Phi) is 3.33. The van der Waals surface area contributed by atoms with Crippen molar-refractivity contribution in [2.75, 3.05) is 13.1 Å². The van der Waals surface area contributed by atoms with Gasteiger partial charge in [0.05, 0.1) is 0 Å². The molecule has 2 unspecified atom stereocenters. The van der Waals surface area contributed by atoms with E-state index < -0.39 is 12.0 Å². The highest BCUT2D eigenvalue weighted by atomic mass is 16.4. The topological polar surface area (TPSA) is 69.6 Å². The fourth-order valence-electron chi connectivity index (χ4n) is 1.66. The summed E-state index contributed by atoms with van der Waals surface area (Å²) in [4.78, 5) is 23.7. The lowest BCUT2D eigenvalue weighted by molar-refractivity contribution is -0.143. The maximum Gasteiger partial charge on any atom is 0.326 e. The van der Waals surface area contributed by atoms with Gasteiger partial charge in [-0.2, -0.15) is 0 Å². The minimum atomic E-state index is -0.920. The molecule has 5 heteroatoms. The van der Waals surface area contributed by atoms with Gasteiger partial charge in [0.15, 0.2) is 0 Å². The van der Waals surface area contributed by atoms with Crippen molar-refractivity contribution < 1.29 is 14.7 Å². The highest BCUT2D eigenvalue weighted by Gasteiger charge is 2.35. The molecular formula is C9H16N2O3. The molecule has 0 saturated carbocycles. The standard InChI is InChI=1S/C9H16N2O3/c1-3-6(2)7(8(12)13)11-5-4-10-9(11)14/h6-7H,3-5H2,1-2H3,(H,10,14)(H,12,13). The van der Waals surface area contributed by atoms with E-state index in [1.165, 1.54) is 4.90 Å². The number of hydrogen-bond donors (Lipinski definition) is 2. The van der Waals surface area contributed by atoms with Crippen LogP contribution in [-0.2, 0) is 4.79 Å². The lowest BCUT2D eigenvalue weighted by Gasteiger charge is -2.27. The van der Waals surface area contributed by atoms with E-state index in [-0.39, 0.29) is 11.9 Å². The molecule has 5 nitrogen and oxygen atoms in total. The van der Waals surface area contributed by atoms with Crippen molar-refractivity contribution in [1.82, 2.24) is 10.2 Å². The largest absolute Gasteiger partial charge is 0.480 e. The molecule has 0 bridgehead atoms. The Labute approximate surface area is 83.1 Å². The Morgan fingerprint density at radius 3 is 2.71 bits per heavy atom. The summed E-state index contributed by atoms with van der Waals surface area (Å²) in [7, 11) is 0. The van der Waals surface area contributed by atoms with Crippen LogP contribution in [0.2, 0.25) is 0 Å². The van der Waals surface area contributed by atoms with Gasteiger partial charge in [-0.05, 0) is 5.92 Å². The first kappa shape index (κ1) is 10.8. The zero-order valence-electron chi connectivity index (χ0n) is 8.49. The fourth-order valence-corrected chi connectivity index (χ4v) is 1.66. The van der Waals surface area contributed by atoms with Crippen LogP contribution in [0, 0.1) is 5.92 Å². The third-order valence-electron chi connectivity index (χ3n) is 2.66. The van der Waals surface area contributed by atoms with Gasteiger partial charge in [0.25, 0.3) is 0 Å². The molecule has 0 aromatic carbocycles. The molecule has 1 saturated heterocycles. The molecule has 2 amide bonds. The van der Waals surface area contributed by atoms with Crippen LogP contribution in [0.5, 0.6) is 0 Å².